The number of imidazole rings is 1. The Labute approximate surface area is 101 Å². The summed E-state index contributed by atoms with van der Waals surface area (Å²) >= 11 is 0. The average molecular weight is 234 g/mol. The van der Waals surface area contributed by atoms with Gasteiger partial charge in [-0.3, -0.25) is 0 Å². The minimum atomic E-state index is 0.426. The first kappa shape index (κ1) is 11.7. The molecule has 0 saturated heterocycles. The monoisotopic (exact) mass is 234 g/mol. The van der Waals surface area contributed by atoms with Crippen molar-refractivity contribution in [1.29, 1.82) is 0 Å². The standard InChI is InChI=1S/C12H18N4O/c1-16(2)7-6-8-4-5-9(17-3)11-10(8)14-12(13)15-11/h4-5H,6-7H2,1-3H3,(H3,13,14,15). The van der Waals surface area contributed by atoms with E-state index in [4.69, 9.17) is 10.5 Å². The highest BCUT2D eigenvalue weighted by molar-refractivity contribution is 5.86. The number of methoxy groups -OCH3 is 1. The molecule has 0 unspecified atom stereocenters. The minimum absolute atomic E-state index is 0.426. The fourth-order valence-corrected chi connectivity index (χ4v) is 1.86. The van der Waals surface area contributed by atoms with E-state index in [0.29, 0.717) is 5.95 Å². The Morgan fingerprint density at radius 3 is 2.82 bits per heavy atom. The zero-order valence-electron chi connectivity index (χ0n) is 10.4. The van der Waals surface area contributed by atoms with Crippen LogP contribution in [-0.2, 0) is 6.42 Å². The number of rotatable bonds is 4. The van der Waals surface area contributed by atoms with E-state index in [9.17, 15) is 0 Å². The van der Waals surface area contributed by atoms with Crippen LogP contribution in [0, 0.1) is 0 Å². The lowest BCUT2D eigenvalue weighted by atomic mass is 10.1. The van der Waals surface area contributed by atoms with Crippen LogP contribution in [0.3, 0.4) is 0 Å². The summed E-state index contributed by atoms with van der Waals surface area (Å²) in [6.07, 6.45) is 0.942. The number of nitrogens with two attached hydrogens (primary N) is 1. The molecule has 0 radical (unpaired) electrons. The van der Waals surface area contributed by atoms with E-state index < -0.39 is 0 Å². The number of H-pyrrole nitrogens is 1. The first-order valence-corrected chi connectivity index (χ1v) is 5.57. The van der Waals surface area contributed by atoms with Crippen LogP contribution in [-0.4, -0.2) is 42.6 Å². The van der Waals surface area contributed by atoms with Crippen molar-refractivity contribution in [1.82, 2.24) is 14.9 Å². The van der Waals surface area contributed by atoms with E-state index in [1.165, 1.54) is 5.56 Å². The Morgan fingerprint density at radius 2 is 2.18 bits per heavy atom. The van der Waals surface area contributed by atoms with Gasteiger partial charge < -0.3 is 20.4 Å². The van der Waals surface area contributed by atoms with Gasteiger partial charge in [0.25, 0.3) is 0 Å². The average Bonchev–Trinajstić information content (AvgIpc) is 2.67. The topological polar surface area (TPSA) is 67.2 Å². The molecule has 0 amide bonds. The molecule has 0 aliphatic carbocycles. The molecule has 0 fully saturated rings. The van der Waals surface area contributed by atoms with Gasteiger partial charge in [-0.2, -0.15) is 0 Å². The van der Waals surface area contributed by atoms with Gasteiger partial charge in [-0.1, -0.05) is 6.07 Å². The van der Waals surface area contributed by atoms with Gasteiger partial charge in [0.15, 0.2) is 5.95 Å². The van der Waals surface area contributed by atoms with Crippen LogP contribution < -0.4 is 10.5 Å². The lowest BCUT2D eigenvalue weighted by Gasteiger charge is -2.10. The number of aromatic nitrogens is 2. The lowest BCUT2D eigenvalue weighted by molar-refractivity contribution is 0.412. The molecule has 17 heavy (non-hydrogen) atoms. The summed E-state index contributed by atoms with van der Waals surface area (Å²) in [7, 11) is 5.75. The number of aromatic amines is 1. The summed E-state index contributed by atoms with van der Waals surface area (Å²) < 4.78 is 5.28. The Balaban J connectivity index is 2.43. The predicted octanol–water partition coefficient (Wildman–Crippen LogP) is 1.26. The normalized spacial score (nSPS) is 11.3. The SMILES string of the molecule is COc1ccc(CCN(C)C)c2nc(N)[nH]c12. The molecule has 92 valence electrons. The van der Waals surface area contributed by atoms with E-state index in [-0.39, 0.29) is 0 Å². The predicted molar refractivity (Wildman–Crippen MR) is 69.3 cm³/mol. The van der Waals surface area contributed by atoms with Crippen molar-refractivity contribution in [3.63, 3.8) is 0 Å². The molecule has 0 bridgehead atoms. The number of hydrogen-bond donors (Lipinski definition) is 2. The number of likely N-dealkylation sites (N-methyl/N-ethyl adjacent to an activating group) is 1. The molecule has 0 spiro atoms. The van der Waals surface area contributed by atoms with E-state index in [0.717, 1.165) is 29.7 Å². The van der Waals surface area contributed by atoms with E-state index in [2.05, 4.69) is 29.0 Å². The maximum Gasteiger partial charge on any atom is 0.198 e. The van der Waals surface area contributed by atoms with Gasteiger partial charge in [-0.15, -0.1) is 0 Å². The number of nitrogens with one attached hydrogen (secondary N) is 1. The molecule has 2 aromatic rings. The Kier molecular flexibility index (Phi) is 3.19. The second-order valence-electron chi connectivity index (χ2n) is 4.33. The maximum atomic E-state index is 5.71. The molecular weight excluding hydrogens is 216 g/mol. The van der Waals surface area contributed by atoms with Crippen molar-refractivity contribution in [2.45, 2.75) is 6.42 Å². The van der Waals surface area contributed by atoms with Crippen LogP contribution >= 0.6 is 0 Å². The molecule has 5 nitrogen and oxygen atoms in total. The summed E-state index contributed by atoms with van der Waals surface area (Å²) in [6, 6.07) is 4.00. The molecule has 5 heteroatoms. The first-order chi connectivity index (χ1) is 8.11. The summed E-state index contributed by atoms with van der Waals surface area (Å²) in [5.41, 5.74) is 8.67. The summed E-state index contributed by atoms with van der Waals surface area (Å²) in [5.74, 6) is 1.20. The van der Waals surface area contributed by atoms with Gasteiger partial charge in [0.05, 0.1) is 12.6 Å². The molecule has 1 aromatic carbocycles. The second kappa shape index (κ2) is 4.63. The summed E-state index contributed by atoms with van der Waals surface area (Å²) in [6.45, 7) is 0.980. The molecular formula is C12H18N4O. The number of hydrogen-bond acceptors (Lipinski definition) is 4. The summed E-state index contributed by atoms with van der Waals surface area (Å²) in [4.78, 5) is 9.50. The van der Waals surface area contributed by atoms with Gasteiger partial charge >= 0.3 is 0 Å². The number of nitrogen functional groups attached to an aromatic ring is 1. The quantitative estimate of drug-likeness (QED) is 0.835. The lowest BCUT2D eigenvalue weighted by Crippen LogP contribution is -2.15. The number of fused-ring (bicyclic) bond motifs is 1. The number of nitrogens with zero attached hydrogens (tertiary/aromatic N) is 2. The van der Waals surface area contributed by atoms with E-state index in [1.54, 1.807) is 7.11 Å². The third kappa shape index (κ3) is 2.34. The van der Waals surface area contributed by atoms with Crippen molar-refractivity contribution >= 4 is 17.0 Å². The maximum absolute atomic E-state index is 5.71. The minimum Gasteiger partial charge on any atom is -0.494 e. The Morgan fingerprint density at radius 1 is 1.41 bits per heavy atom. The van der Waals surface area contributed by atoms with Crippen LogP contribution in [0.2, 0.25) is 0 Å². The number of ether oxygens (including phenoxy) is 1. The van der Waals surface area contributed by atoms with Gasteiger partial charge in [-0.05, 0) is 32.1 Å². The van der Waals surface area contributed by atoms with Gasteiger partial charge in [0.2, 0.25) is 0 Å². The van der Waals surface area contributed by atoms with Crippen molar-refractivity contribution in [2.75, 3.05) is 33.5 Å². The number of benzene rings is 1. The largest absolute Gasteiger partial charge is 0.494 e. The van der Waals surface area contributed by atoms with Crippen molar-refractivity contribution in [3.8, 4) is 5.75 Å². The van der Waals surface area contributed by atoms with Crippen molar-refractivity contribution in [3.05, 3.63) is 17.7 Å². The van der Waals surface area contributed by atoms with E-state index >= 15 is 0 Å². The first-order valence-electron chi connectivity index (χ1n) is 5.57. The van der Waals surface area contributed by atoms with Gasteiger partial charge in [0.1, 0.15) is 11.3 Å². The zero-order chi connectivity index (χ0) is 12.4. The summed E-state index contributed by atoms with van der Waals surface area (Å²) in [5, 5.41) is 0. The highest BCUT2D eigenvalue weighted by Crippen LogP contribution is 2.27. The smallest absolute Gasteiger partial charge is 0.198 e. The van der Waals surface area contributed by atoms with Gasteiger partial charge in [-0.25, -0.2) is 4.98 Å². The molecule has 2 rings (SSSR count). The Hall–Kier alpha value is -1.75. The zero-order valence-corrected chi connectivity index (χ0v) is 10.4. The fraction of sp³-hybridized carbons (Fsp3) is 0.417. The second-order valence-corrected chi connectivity index (χ2v) is 4.33. The van der Waals surface area contributed by atoms with Crippen LogP contribution in [0.4, 0.5) is 5.95 Å². The number of anilines is 1. The molecule has 0 aliphatic heterocycles. The molecule has 0 saturated carbocycles. The fourth-order valence-electron chi connectivity index (χ4n) is 1.86. The highest BCUT2D eigenvalue weighted by atomic mass is 16.5. The van der Waals surface area contributed by atoms with E-state index in [1.807, 2.05) is 12.1 Å². The van der Waals surface area contributed by atoms with Crippen LogP contribution in [0.25, 0.3) is 11.0 Å². The van der Waals surface area contributed by atoms with Crippen molar-refractivity contribution in [2.24, 2.45) is 0 Å². The Bertz CT molecular complexity index is 518. The third-order valence-electron chi connectivity index (χ3n) is 2.76. The molecule has 3 N–H and O–H groups in total. The molecule has 1 aromatic heterocycles. The molecule has 1 heterocycles. The highest BCUT2D eigenvalue weighted by Gasteiger charge is 2.11. The van der Waals surface area contributed by atoms with Crippen LogP contribution in [0.5, 0.6) is 5.75 Å². The van der Waals surface area contributed by atoms with Gasteiger partial charge in [0, 0.05) is 6.54 Å². The molecule has 0 aliphatic rings. The van der Waals surface area contributed by atoms with Crippen LogP contribution in [0.15, 0.2) is 12.1 Å². The third-order valence-corrected chi connectivity index (χ3v) is 2.76. The van der Waals surface area contributed by atoms with Crippen molar-refractivity contribution < 1.29 is 4.74 Å². The van der Waals surface area contributed by atoms with Crippen LogP contribution in [0.1, 0.15) is 5.56 Å². The molecule has 0 atom stereocenters.